The molecule has 2 aromatic carbocycles. The van der Waals surface area contributed by atoms with Crippen LogP contribution in [0, 0.1) is 0 Å². The number of likely N-dealkylation sites (tertiary alicyclic amines) is 1. The third-order valence-corrected chi connectivity index (χ3v) is 9.73. The molecule has 2 atom stereocenters. The van der Waals surface area contributed by atoms with E-state index in [9.17, 15) is 4.79 Å². The summed E-state index contributed by atoms with van der Waals surface area (Å²) in [7, 11) is 5.56. The van der Waals surface area contributed by atoms with Gasteiger partial charge in [0.25, 0.3) is 0 Å². The molecule has 0 bridgehead atoms. The smallest absolute Gasteiger partial charge is 0.224 e. The predicted molar refractivity (Wildman–Crippen MR) is 188 cm³/mol. The molecular formula is C39H59N3O3. The maximum Gasteiger partial charge on any atom is 0.224 e. The monoisotopic (exact) mass is 617 g/mol. The van der Waals surface area contributed by atoms with Crippen LogP contribution in [0.1, 0.15) is 139 Å². The van der Waals surface area contributed by atoms with Crippen molar-refractivity contribution < 1.29 is 14.3 Å². The fourth-order valence-corrected chi connectivity index (χ4v) is 7.03. The Kier molecular flexibility index (Phi) is 14.7. The van der Waals surface area contributed by atoms with Gasteiger partial charge < -0.3 is 19.7 Å². The van der Waals surface area contributed by atoms with E-state index in [0.29, 0.717) is 18.1 Å². The second-order valence-electron chi connectivity index (χ2n) is 13.3. The van der Waals surface area contributed by atoms with Crippen LogP contribution >= 0.6 is 0 Å². The number of carbonyl (C=O) groups is 1. The number of piperidine rings is 1. The number of nitrogens with zero attached hydrogens (tertiary/aromatic N) is 2. The van der Waals surface area contributed by atoms with E-state index in [2.05, 4.69) is 48.5 Å². The first kappa shape index (κ1) is 35.0. The quantitative estimate of drug-likeness (QED) is 0.150. The molecule has 0 radical (unpaired) electrons. The van der Waals surface area contributed by atoms with Gasteiger partial charge in [0.1, 0.15) is 0 Å². The highest BCUT2D eigenvalue weighted by Crippen LogP contribution is 2.42. The molecular weight excluding hydrogens is 558 g/mol. The molecule has 2 aromatic rings. The van der Waals surface area contributed by atoms with Crippen molar-refractivity contribution in [3.05, 3.63) is 53.1 Å². The Morgan fingerprint density at radius 3 is 1.96 bits per heavy atom. The molecule has 2 heterocycles. The molecule has 0 spiro atoms. The van der Waals surface area contributed by atoms with Crippen LogP contribution in [0.5, 0.6) is 11.5 Å². The summed E-state index contributed by atoms with van der Waals surface area (Å²) in [6.45, 7) is 4.31. The third kappa shape index (κ3) is 10.6. The van der Waals surface area contributed by atoms with Crippen molar-refractivity contribution in [2.75, 3.05) is 39.7 Å². The fourth-order valence-electron chi connectivity index (χ4n) is 7.03. The van der Waals surface area contributed by atoms with Crippen molar-refractivity contribution in [3.63, 3.8) is 0 Å². The molecule has 0 aromatic heterocycles. The number of hydrogen-bond donors (Lipinski definition) is 1. The minimum Gasteiger partial charge on any atom is -0.493 e. The second-order valence-corrected chi connectivity index (χ2v) is 13.3. The standard InChI is InChI=1S/C39H59N3O3/c1-5-6-7-8-9-10-11-12-13-14-15-16-17-18-19-20-38(43)40-31-23-21-30(22-24-31)39-33-28-37(45-4)36(44-3)27-32(33)34-29-42(2)26-25-35(34)41-39/h21-24,27-28,34-35H,5-20,25-26,29H2,1-4H3,(H,40,43)/t34-,35-/m1/s1. The average Bonchev–Trinajstić information content (AvgIpc) is 3.06. The van der Waals surface area contributed by atoms with Crippen molar-refractivity contribution in [1.82, 2.24) is 4.90 Å². The van der Waals surface area contributed by atoms with Crippen LogP contribution < -0.4 is 14.8 Å². The number of fused-ring (bicyclic) bond motifs is 3. The highest BCUT2D eigenvalue weighted by atomic mass is 16.5. The molecule has 1 N–H and O–H groups in total. The first-order valence-electron chi connectivity index (χ1n) is 18.0. The maximum atomic E-state index is 12.6. The van der Waals surface area contributed by atoms with E-state index in [1.165, 1.54) is 89.0 Å². The van der Waals surface area contributed by atoms with E-state index < -0.39 is 0 Å². The number of rotatable bonds is 20. The zero-order valence-corrected chi connectivity index (χ0v) is 28.7. The fraction of sp³-hybridized carbons (Fsp3) is 0.641. The van der Waals surface area contributed by atoms with Crippen molar-refractivity contribution in [1.29, 1.82) is 0 Å². The molecule has 6 heteroatoms. The number of likely N-dealkylation sites (N-methyl/N-ethyl adjacent to an activating group) is 1. The minimum absolute atomic E-state index is 0.101. The Bertz CT molecular complexity index is 1210. The maximum absolute atomic E-state index is 12.6. The highest BCUT2D eigenvalue weighted by molar-refractivity contribution is 6.15. The van der Waals surface area contributed by atoms with Gasteiger partial charge in [0, 0.05) is 35.7 Å². The zero-order chi connectivity index (χ0) is 31.9. The van der Waals surface area contributed by atoms with Gasteiger partial charge in [0.2, 0.25) is 5.91 Å². The summed E-state index contributed by atoms with van der Waals surface area (Å²) in [4.78, 5) is 20.3. The molecule has 0 saturated carbocycles. The Labute approximate surface area is 273 Å². The first-order valence-corrected chi connectivity index (χ1v) is 18.0. The largest absolute Gasteiger partial charge is 0.493 e. The lowest BCUT2D eigenvalue weighted by atomic mass is 9.79. The number of amides is 1. The third-order valence-electron chi connectivity index (χ3n) is 9.73. The number of unbranched alkanes of at least 4 members (excludes halogenated alkanes) is 14. The van der Waals surface area contributed by atoms with E-state index in [1.807, 2.05) is 12.1 Å². The Morgan fingerprint density at radius 2 is 1.38 bits per heavy atom. The Hall–Kier alpha value is -2.86. The van der Waals surface area contributed by atoms with Gasteiger partial charge >= 0.3 is 0 Å². The van der Waals surface area contributed by atoms with Crippen molar-refractivity contribution in [2.24, 2.45) is 4.99 Å². The number of carbonyl (C=O) groups excluding carboxylic acids is 1. The van der Waals surface area contributed by atoms with Gasteiger partial charge in [0.15, 0.2) is 11.5 Å². The van der Waals surface area contributed by atoms with Gasteiger partial charge in [-0.1, -0.05) is 109 Å². The van der Waals surface area contributed by atoms with E-state index in [1.54, 1.807) is 14.2 Å². The summed E-state index contributed by atoms with van der Waals surface area (Å²) < 4.78 is 11.3. The van der Waals surface area contributed by atoms with Gasteiger partial charge in [-0.2, -0.15) is 0 Å². The number of hydrogen-bond acceptors (Lipinski definition) is 5. The molecule has 1 amide bonds. The van der Waals surface area contributed by atoms with Crippen molar-refractivity contribution in [2.45, 2.75) is 128 Å². The van der Waals surface area contributed by atoms with Crippen LogP contribution in [-0.4, -0.2) is 56.9 Å². The van der Waals surface area contributed by atoms with Crippen LogP contribution in [0.2, 0.25) is 0 Å². The Balaban J connectivity index is 1.18. The van der Waals surface area contributed by atoms with Crippen LogP contribution in [0.25, 0.3) is 0 Å². The molecule has 1 saturated heterocycles. The average molecular weight is 618 g/mol. The molecule has 6 nitrogen and oxygen atoms in total. The topological polar surface area (TPSA) is 63.2 Å². The molecule has 4 rings (SSSR count). The molecule has 2 aliphatic rings. The lowest BCUT2D eigenvalue weighted by molar-refractivity contribution is -0.116. The molecule has 248 valence electrons. The minimum atomic E-state index is 0.101. The summed E-state index contributed by atoms with van der Waals surface area (Å²) >= 11 is 0. The molecule has 0 aliphatic carbocycles. The van der Waals surface area contributed by atoms with Gasteiger partial charge in [-0.05, 0) is 56.3 Å². The van der Waals surface area contributed by atoms with Crippen LogP contribution in [0.3, 0.4) is 0 Å². The number of benzene rings is 2. The molecule has 1 fully saturated rings. The first-order chi connectivity index (χ1) is 22.0. The summed E-state index contributed by atoms with van der Waals surface area (Å²) in [5.41, 5.74) is 5.27. The normalized spacial score (nSPS) is 17.7. The second kappa shape index (κ2) is 19.0. The van der Waals surface area contributed by atoms with Crippen molar-refractivity contribution in [3.8, 4) is 11.5 Å². The van der Waals surface area contributed by atoms with Crippen LogP contribution in [0.15, 0.2) is 41.4 Å². The van der Waals surface area contributed by atoms with Gasteiger partial charge in [-0.3, -0.25) is 9.79 Å². The SMILES string of the molecule is CCCCCCCCCCCCCCCCCC(=O)Nc1ccc(C2=N[C@@H]3CCN(C)C[C@@H]3c3cc(OC)c(OC)cc32)cc1. The molecule has 45 heavy (non-hydrogen) atoms. The molecule has 0 unspecified atom stereocenters. The summed E-state index contributed by atoms with van der Waals surface area (Å²) in [6.07, 6.45) is 21.6. The Morgan fingerprint density at radius 1 is 0.822 bits per heavy atom. The number of aliphatic imine (C=N–C) groups is 1. The van der Waals surface area contributed by atoms with E-state index in [0.717, 1.165) is 60.6 Å². The predicted octanol–water partition coefficient (Wildman–Crippen LogP) is 9.54. The van der Waals surface area contributed by atoms with E-state index in [4.69, 9.17) is 14.5 Å². The summed E-state index contributed by atoms with van der Waals surface area (Å²) in [5, 5.41) is 3.10. The van der Waals surface area contributed by atoms with E-state index in [-0.39, 0.29) is 11.9 Å². The van der Waals surface area contributed by atoms with E-state index >= 15 is 0 Å². The van der Waals surface area contributed by atoms with Crippen LogP contribution in [-0.2, 0) is 4.79 Å². The number of ether oxygens (including phenoxy) is 2. The number of methoxy groups -OCH3 is 2. The summed E-state index contributed by atoms with van der Waals surface area (Å²) in [6, 6.07) is 12.6. The molecule has 2 aliphatic heterocycles. The zero-order valence-electron chi connectivity index (χ0n) is 28.7. The van der Waals surface area contributed by atoms with Gasteiger partial charge in [-0.25, -0.2) is 0 Å². The lowest BCUT2D eigenvalue weighted by Crippen LogP contribution is -2.41. The number of nitrogens with one attached hydrogen (secondary N) is 1. The van der Waals surface area contributed by atoms with Crippen LogP contribution in [0.4, 0.5) is 5.69 Å². The van der Waals surface area contributed by atoms with Gasteiger partial charge in [-0.15, -0.1) is 0 Å². The van der Waals surface area contributed by atoms with Crippen molar-refractivity contribution >= 4 is 17.3 Å². The van der Waals surface area contributed by atoms with Gasteiger partial charge in [0.05, 0.1) is 26.0 Å². The lowest BCUT2D eigenvalue weighted by Gasteiger charge is -2.39. The summed E-state index contributed by atoms with van der Waals surface area (Å²) in [5.74, 6) is 1.91. The number of anilines is 1. The highest BCUT2D eigenvalue weighted by Gasteiger charge is 2.36.